The van der Waals surface area contributed by atoms with Gasteiger partial charge >= 0.3 is 0 Å². The molecule has 0 atom stereocenters. The average Bonchev–Trinajstić information content (AvgIpc) is 2.45. The monoisotopic (exact) mass is 324 g/mol. The van der Waals surface area contributed by atoms with Crippen molar-refractivity contribution < 1.29 is 9.53 Å². The zero-order valence-electron chi connectivity index (χ0n) is 11.3. The van der Waals surface area contributed by atoms with E-state index in [4.69, 9.17) is 33.7 Å². The van der Waals surface area contributed by atoms with Crippen LogP contribution in [-0.2, 0) is 0 Å². The van der Waals surface area contributed by atoms with Gasteiger partial charge in [0.15, 0.2) is 5.75 Å². The number of carbonyl (C=O) groups is 1. The summed E-state index contributed by atoms with van der Waals surface area (Å²) in [6, 6.07) is 9.97. The molecule has 21 heavy (non-hydrogen) atoms. The number of ether oxygens (including phenoxy) is 1. The molecule has 6 heteroatoms. The van der Waals surface area contributed by atoms with Crippen LogP contribution in [0.4, 0.5) is 11.4 Å². The van der Waals surface area contributed by atoms with Crippen LogP contribution in [0.3, 0.4) is 0 Å². The highest BCUT2D eigenvalue weighted by molar-refractivity contribution is 6.40. The second-order valence-electron chi connectivity index (χ2n) is 4.21. The van der Waals surface area contributed by atoms with E-state index in [1.807, 2.05) is 6.92 Å². The van der Waals surface area contributed by atoms with Crippen molar-refractivity contribution in [2.75, 3.05) is 17.7 Å². The van der Waals surface area contributed by atoms with E-state index in [1.54, 1.807) is 36.4 Å². The Bertz CT molecular complexity index is 654. The van der Waals surface area contributed by atoms with E-state index in [9.17, 15) is 4.79 Å². The number of benzene rings is 2. The second-order valence-corrected chi connectivity index (χ2v) is 5.02. The number of hydrogen-bond acceptors (Lipinski definition) is 3. The fraction of sp³-hybridized carbons (Fsp3) is 0.133. The fourth-order valence-corrected chi connectivity index (χ4v) is 2.33. The van der Waals surface area contributed by atoms with E-state index in [0.717, 1.165) is 0 Å². The number of rotatable bonds is 4. The molecule has 0 spiro atoms. The van der Waals surface area contributed by atoms with E-state index < -0.39 is 0 Å². The third kappa shape index (κ3) is 3.40. The molecule has 0 heterocycles. The molecule has 0 saturated carbocycles. The Kier molecular flexibility index (Phi) is 4.94. The molecule has 0 aliphatic carbocycles. The summed E-state index contributed by atoms with van der Waals surface area (Å²) in [5.74, 6) is -0.0403. The van der Waals surface area contributed by atoms with Crippen LogP contribution in [0.2, 0.25) is 10.0 Å². The normalized spacial score (nSPS) is 10.2. The zero-order chi connectivity index (χ0) is 15.4. The molecule has 0 aliphatic heterocycles. The summed E-state index contributed by atoms with van der Waals surface area (Å²) in [5, 5.41) is 3.40. The molecule has 1 amide bonds. The molecule has 3 N–H and O–H groups in total. The first-order chi connectivity index (χ1) is 10.0. The van der Waals surface area contributed by atoms with Gasteiger partial charge in [0.25, 0.3) is 5.91 Å². The van der Waals surface area contributed by atoms with Gasteiger partial charge in [-0.1, -0.05) is 35.3 Å². The highest BCUT2D eigenvalue weighted by Crippen LogP contribution is 2.32. The minimum atomic E-state index is -0.388. The minimum absolute atomic E-state index is 0.327. The summed E-state index contributed by atoms with van der Waals surface area (Å²) < 4.78 is 5.44. The molecule has 110 valence electrons. The standard InChI is InChI=1S/C15H14Cl2N2O2/c1-2-21-14-9(5-3-8-12(14)18)15(20)19-13-10(16)6-4-7-11(13)17/h3-8H,2,18H2,1H3,(H,19,20). The largest absolute Gasteiger partial charge is 0.491 e. The van der Waals surface area contributed by atoms with Crippen molar-refractivity contribution in [1.29, 1.82) is 0 Å². The minimum Gasteiger partial charge on any atom is -0.491 e. The first kappa shape index (κ1) is 15.5. The van der Waals surface area contributed by atoms with Crippen molar-refractivity contribution in [3.63, 3.8) is 0 Å². The van der Waals surface area contributed by atoms with Crippen molar-refractivity contribution in [2.24, 2.45) is 0 Å². The number of halogens is 2. The maximum absolute atomic E-state index is 12.4. The summed E-state index contributed by atoms with van der Waals surface area (Å²) in [5.41, 5.74) is 6.92. The molecular formula is C15H14Cl2N2O2. The van der Waals surface area contributed by atoms with Gasteiger partial charge in [-0.05, 0) is 31.2 Å². The lowest BCUT2D eigenvalue weighted by atomic mass is 10.1. The number of carbonyl (C=O) groups excluding carboxylic acids is 1. The molecule has 2 aromatic carbocycles. The van der Waals surface area contributed by atoms with Crippen molar-refractivity contribution in [2.45, 2.75) is 6.92 Å². The number of anilines is 2. The maximum Gasteiger partial charge on any atom is 0.259 e. The Morgan fingerprint density at radius 1 is 1.19 bits per heavy atom. The van der Waals surface area contributed by atoms with Crippen LogP contribution in [0.5, 0.6) is 5.75 Å². The van der Waals surface area contributed by atoms with Gasteiger partial charge in [0, 0.05) is 0 Å². The SMILES string of the molecule is CCOc1c(N)cccc1C(=O)Nc1c(Cl)cccc1Cl. The summed E-state index contributed by atoms with van der Waals surface area (Å²) >= 11 is 12.1. The Morgan fingerprint density at radius 3 is 2.43 bits per heavy atom. The van der Waals surface area contributed by atoms with Crippen molar-refractivity contribution in [3.8, 4) is 5.75 Å². The Labute approximate surface area is 132 Å². The molecule has 0 bridgehead atoms. The van der Waals surface area contributed by atoms with Gasteiger partial charge in [-0.2, -0.15) is 0 Å². The predicted molar refractivity (Wildman–Crippen MR) is 86.4 cm³/mol. The third-order valence-electron chi connectivity index (χ3n) is 2.78. The molecule has 4 nitrogen and oxygen atoms in total. The van der Waals surface area contributed by atoms with Crippen LogP contribution in [0.1, 0.15) is 17.3 Å². The van der Waals surface area contributed by atoms with Gasteiger partial charge in [0.05, 0.1) is 33.6 Å². The predicted octanol–water partition coefficient (Wildman–Crippen LogP) is 4.23. The first-order valence-electron chi connectivity index (χ1n) is 6.31. The molecule has 0 fully saturated rings. The smallest absolute Gasteiger partial charge is 0.259 e. The first-order valence-corrected chi connectivity index (χ1v) is 7.06. The summed E-state index contributed by atoms with van der Waals surface area (Å²) in [6.07, 6.45) is 0. The van der Waals surface area contributed by atoms with Crippen molar-refractivity contribution >= 4 is 40.5 Å². The number of hydrogen-bond donors (Lipinski definition) is 2. The molecule has 2 rings (SSSR count). The lowest BCUT2D eigenvalue weighted by Crippen LogP contribution is -2.15. The van der Waals surface area contributed by atoms with Crippen molar-refractivity contribution in [1.82, 2.24) is 0 Å². The van der Waals surface area contributed by atoms with Crippen LogP contribution in [-0.4, -0.2) is 12.5 Å². The lowest BCUT2D eigenvalue weighted by Gasteiger charge is -2.14. The van der Waals surface area contributed by atoms with Crippen LogP contribution < -0.4 is 15.8 Å². The number of para-hydroxylation sites is 2. The quantitative estimate of drug-likeness (QED) is 0.827. The van der Waals surface area contributed by atoms with Gasteiger partial charge < -0.3 is 15.8 Å². The highest BCUT2D eigenvalue weighted by atomic mass is 35.5. The average molecular weight is 325 g/mol. The molecule has 0 aromatic heterocycles. The highest BCUT2D eigenvalue weighted by Gasteiger charge is 2.17. The summed E-state index contributed by atoms with van der Waals surface area (Å²) in [4.78, 5) is 12.4. The number of nitrogen functional groups attached to an aromatic ring is 1. The summed E-state index contributed by atoms with van der Waals surface area (Å²) in [6.45, 7) is 2.22. The van der Waals surface area contributed by atoms with Crippen LogP contribution >= 0.6 is 23.2 Å². The van der Waals surface area contributed by atoms with Crippen LogP contribution in [0.25, 0.3) is 0 Å². The second kappa shape index (κ2) is 6.70. The molecular weight excluding hydrogens is 311 g/mol. The molecule has 0 unspecified atom stereocenters. The third-order valence-corrected chi connectivity index (χ3v) is 3.41. The van der Waals surface area contributed by atoms with Crippen molar-refractivity contribution in [3.05, 3.63) is 52.0 Å². The fourth-order valence-electron chi connectivity index (χ4n) is 1.84. The van der Waals surface area contributed by atoms with E-state index in [2.05, 4.69) is 5.32 Å². The van der Waals surface area contributed by atoms with Gasteiger partial charge in [0.1, 0.15) is 0 Å². The Hall–Kier alpha value is -1.91. The molecule has 0 aliphatic rings. The van der Waals surface area contributed by atoms with Gasteiger partial charge in [-0.25, -0.2) is 0 Å². The molecule has 0 saturated heterocycles. The van der Waals surface area contributed by atoms with E-state index in [0.29, 0.717) is 39.3 Å². The molecule has 0 radical (unpaired) electrons. The van der Waals surface area contributed by atoms with E-state index >= 15 is 0 Å². The maximum atomic E-state index is 12.4. The number of amides is 1. The number of nitrogens with one attached hydrogen (secondary N) is 1. The van der Waals surface area contributed by atoms with Gasteiger partial charge in [-0.3, -0.25) is 4.79 Å². The summed E-state index contributed by atoms with van der Waals surface area (Å²) in [7, 11) is 0. The zero-order valence-corrected chi connectivity index (χ0v) is 12.8. The molecule has 2 aromatic rings. The van der Waals surface area contributed by atoms with Crippen LogP contribution in [0, 0.1) is 0 Å². The Morgan fingerprint density at radius 2 is 1.81 bits per heavy atom. The van der Waals surface area contributed by atoms with Gasteiger partial charge in [0.2, 0.25) is 0 Å². The van der Waals surface area contributed by atoms with Crippen LogP contribution in [0.15, 0.2) is 36.4 Å². The Balaban J connectivity index is 2.35. The lowest BCUT2D eigenvalue weighted by molar-refractivity contribution is 0.102. The number of nitrogens with two attached hydrogens (primary N) is 1. The van der Waals surface area contributed by atoms with Gasteiger partial charge in [-0.15, -0.1) is 0 Å². The van der Waals surface area contributed by atoms with E-state index in [-0.39, 0.29) is 5.91 Å². The van der Waals surface area contributed by atoms with E-state index in [1.165, 1.54) is 0 Å². The topological polar surface area (TPSA) is 64.3 Å².